The van der Waals surface area contributed by atoms with Gasteiger partial charge in [0.2, 0.25) is 0 Å². The molecule has 2 nitrogen and oxygen atoms in total. The van der Waals surface area contributed by atoms with Crippen molar-refractivity contribution in [3.05, 3.63) is 133 Å². The Bertz CT molecular complexity index is 1860. The van der Waals surface area contributed by atoms with Crippen LogP contribution >= 0.6 is 11.3 Å². The van der Waals surface area contributed by atoms with Crippen molar-refractivity contribution in [3.63, 3.8) is 0 Å². The Balaban J connectivity index is 1.34. The molecule has 0 bridgehead atoms. The van der Waals surface area contributed by atoms with E-state index in [-0.39, 0.29) is 0 Å². The molecule has 0 aliphatic carbocycles. The third-order valence-corrected chi connectivity index (χ3v) is 8.83. The van der Waals surface area contributed by atoms with Crippen LogP contribution in [0.2, 0.25) is 0 Å². The summed E-state index contributed by atoms with van der Waals surface area (Å²) in [5, 5.41) is 2.57. The Morgan fingerprint density at radius 3 is 1.24 bits per heavy atom. The molecule has 0 unspecified atom stereocenters. The molecular formula is C38H28O2S. The minimum atomic E-state index is 0.858. The zero-order valence-corrected chi connectivity index (χ0v) is 23.7. The standard InChI is InChI=1S/C38H28O2S/c1-39-29-15-19-31(35(23-29)25-9-5-3-6-10-25)27-13-17-33-34-18-14-28(22-38(34)41-37(33)21-27)32-20-16-30(40-2)24-36(32)26-11-7-4-8-12-26/h3-24H,1-2H3. The Kier molecular flexibility index (Phi) is 6.50. The third-order valence-electron chi connectivity index (χ3n) is 7.72. The molecule has 1 aromatic heterocycles. The molecular weight excluding hydrogens is 520 g/mol. The van der Waals surface area contributed by atoms with Crippen LogP contribution in [-0.2, 0) is 0 Å². The summed E-state index contributed by atoms with van der Waals surface area (Å²) >= 11 is 1.85. The third kappa shape index (κ3) is 4.65. The molecule has 0 radical (unpaired) electrons. The van der Waals surface area contributed by atoms with E-state index in [0.717, 1.165) is 11.5 Å². The van der Waals surface area contributed by atoms with Crippen LogP contribution in [-0.4, -0.2) is 14.2 Å². The summed E-state index contributed by atoms with van der Waals surface area (Å²) in [5.41, 5.74) is 9.49. The van der Waals surface area contributed by atoms with Crippen LogP contribution in [0.5, 0.6) is 11.5 Å². The SMILES string of the molecule is COc1ccc(-c2ccc3c(c2)sc2cc(-c4ccc(OC)cc4-c4ccccc4)ccc23)c(-c2ccccc2)c1. The zero-order chi connectivity index (χ0) is 27.8. The van der Waals surface area contributed by atoms with Gasteiger partial charge in [-0.2, -0.15) is 0 Å². The Hall–Kier alpha value is -4.86. The van der Waals surface area contributed by atoms with Gasteiger partial charge < -0.3 is 9.47 Å². The fraction of sp³-hybridized carbons (Fsp3) is 0.0526. The second-order valence-corrected chi connectivity index (χ2v) is 11.2. The highest BCUT2D eigenvalue weighted by Crippen LogP contribution is 2.42. The van der Waals surface area contributed by atoms with Crippen LogP contribution in [0.4, 0.5) is 0 Å². The zero-order valence-electron chi connectivity index (χ0n) is 22.9. The first-order valence-corrected chi connectivity index (χ1v) is 14.5. The summed E-state index contributed by atoms with van der Waals surface area (Å²) in [7, 11) is 3.44. The molecule has 0 spiro atoms. The Morgan fingerprint density at radius 1 is 0.390 bits per heavy atom. The number of rotatable bonds is 6. The Labute approximate surface area is 244 Å². The average Bonchev–Trinajstić information content (AvgIpc) is 3.42. The molecule has 41 heavy (non-hydrogen) atoms. The van der Waals surface area contributed by atoms with Gasteiger partial charge in [-0.3, -0.25) is 0 Å². The molecule has 0 N–H and O–H groups in total. The molecule has 0 amide bonds. The van der Waals surface area contributed by atoms with E-state index >= 15 is 0 Å². The molecule has 0 aliphatic rings. The topological polar surface area (TPSA) is 18.5 Å². The van der Waals surface area contributed by atoms with Gasteiger partial charge in [-0.05, 0) is 80.9 Å². The number of hydrogen-bond acceptors (Lipinski definition) is 3. The van der Waals surface area contributed by atoms with Crippen LogP contribution < -0.4 is 9.47 Å². The number of hydrogen-bond donors (Lipinski definition) is 0. The van der Waals surface area contributed by atoms with Crippen molar-refractivity contribution in [1.29, 1.82) is 0 Å². The van der Waals surface area contributed by atoms with Crippen LogP contribution in [0.25, 0.3) is 64.7 Å². The van der Waals surface area contributed by atoms with Crippen molar-refractivity contribution in [1.82, 2.24) is 0 Å². The minimum Gasteiger partial charge on any atom is -0.497 e. The van der Waals surface area contributed by atoms with Gasteiger partial charge in [0.15, 0.2) is 0 Å². The van der Waals surface area contributed by atoms with Crippen molar-refractivity contribution < 1.29 is 9.47 Å². The summed E-state index contributed by atoms with van der Waals surface area (Å²) in [6.45, 7) is 0. The lowest BCUT2D eigenvalue weighted by Crippen LogP contribution is -1.89. The van der Waals surface area contributed by atoms with Gasteiger partial charge in [-0.15, -0.1) is 11.3 Å². The van der Waals surface area contributed by atoms with E-state index in [4.69, 9.17) is 9.47 Å². The molecule has 0 atom stereocenters. The van der Waals surface area contributed by atoms with Gasteiger partial charge in [-0.25, -0.2) is 0 Å². The van der Waals surface area contributed by atoms with E-state index in [2.05, 4.69) is 121 Å². The smallest absolute Gasteiger partial charge is 0.119 e. The van der Waals surface area contributed by atoms with E-state index in [1.807, 2.05) is 23.5 Å². The maximum absolute atomic E-state index is 5.57. The van der Waals surface area contributed by atoms with Gasteiger partial charge in [0.25, 0.3) is 0 Å². The van der Waals surface area contributed by atoms with Crippen molar-refractivity contribution in [2.45, 2.75) is 0 Å². The average molecular weight is 549 g/mol. The van der Waals surface area contributed by atoms with Crippen molar-refractivity contribution in [2.24, 2.45) is 0 Å². The monoisotopic (exact) mass is 548 g/mol. The molecule has 0 saturated heterocycles. The van der Waals surface area contributed by atoms with Crippen LogP contribution in [0, 0.1) is 0 Å². The van der Waals surface area contributed by atoms with Gasteiger partial charge in [0.1, 0.15) is 11.5 Å². The van der Waals surface area contributed by atoms with Gasteiger partial charge in [0.05, 0.1) is 14.2 Å². The van der Waals surface area contributed by atoms with E-state index in [1.165, 1.54) is 64.7 Å². The fourth-order valence-electron chi connectivity index (χ4n) is 5.63. The maximum atomic E-state index is 5.57. The lowest BCUT2D eigenvalue weighted by Gasteiger charge is -2.13. The molecule has 6 aromatic carbocycles. The minimum absolute atomic E-state index is 0.858. The highest BCUT2D eigenvalue weighted by atomic mass is 32.1. The van der Waals surface area contributed by atoms with E-state index in [1.54, 1.807) is 14.2 Å². The predicted octanol–water partition coefficient (Wildman–Crippen LogP) is 10.7. The predicted molar refractivity (Wildman–Crippen MR) is 174 cm³/mol. The van der Waals surface area contributed by atoms with Crippen molar-refractivity contribution in [3.8, 4) is 56.0 Å². The lowest BCUT2D eigenvalue weighted by molar-refractivity contribution is 0.415. The normalized spacial score (nSPS) is 11.2. The van der Waals surface area contributed by atoms with Crippen molar-refractivity contribution in [2.75, 3.05) is 14.2 Å². The summed E-state index contributed by atoms with van der Waals surface area (Å²) in [5.74, 6) is 1.72. The van der Waals surface area contributed by atoms with E-state index in [9.17, 15) is 0 Å². The fourth-order valence-corrected chi connectivity index (χ4v) is 6.81. The molecule has 7 aromatic rings. The molecule has 0 saturated carbocycles. The highest BCUT2D eigenvalue weighted by molar-refractivity contribution is 7.25. The number of fused-ring (bicyclic) bond motifs is 3. The van der Waals surface area contributed by atoms with Gasteiger partial charge in [-0.1, -0.05) is 97.1 Å². The number of benzene rings is 6. The maximum Gasteiger partial charge on any atom is 0.119 e. The van der Waals surface area contributed by atoms with Crippen LogP contribution in [0.3, 0.4) is 0 Å². The van der Waals surface area contributed by atoms with Crippen molar-refractivity contribution >= 4 is 31.5 Å². The molecule has 0 aliphatic heterocycles. The second kappa shape index (κ2) is 10.6. The van der Waals surface area contributed by atoms with E-state index in [0.29, 0.717) is 0 Å². The summed E-state index contributed by atoms with van der Waals surface area (Å²) in [4.78, 5) is 0. The van der Waals surface area contributed by atoms with Crippen LogP contribution in [0.1, 0.15) is 0 Å². The number of thiophene rings is 1. The molecule has 7 rings (SSSR count). The van der Waals surface area contributed by atoms with E-state index < -0.39 is 0 Å². The summed E-state index contributed by atoms with van der Waals surface area (Å²) < 4.78 is 13.7. The highest BCUT2D eigenvalue weighted by Gasteiger charge is 2.14. The number of methoxy groups -OCH3 is 2. The quantitative estimate of drug-likeness (QED) is 0.206. The molecule has 198 valence electrons. The lowest BCUT2D eigenvalue weighted by atomic mass is 9.93. The summed E-state index contributed by atoms with van der Waals surface area (Å²) in [6, 6.07) is 47.4. The van der Waals surface area contributed by atoms with Gasteiger partial charge >= 0.3 is 0 Å². The molecule has 0 fully saturated rings. The largest absolute Gasteiger partial charge is 0.497 e. The first-order chi connectivity index (χ1) is 20.2. The molecule has 1 heterocycles. The molecule has 3 heteroatoms. The van der Waals surface area contributed by atoms with Gasteiger partial charge in [0, 0.05) is 20.2 Å². The second-order valence-electron chi connectivity index (χ2n) is 10.1. The first kappa shape index (κ1) is 25.1. The first-order valence-electron chi connectivity index (χ1n) is 13.7. The Morgan fingerprint density at radius 2 is 0.829 bits per heavy atom. The van der Waals surface area contributed by atoms with Crippen LogP contribution in [0.15, 0.2) is 133 Å². The number of ether oxygens (including phenoxy) is 2. The summed E-state index contributed by atoms with van der Waals surface area (Å²) in [6.07, 6.45) is 0.